The molecule has 0 atom stereocenters. The van der Waals surface area contributed by atoms with Gasteiger partial charge in [0.05, 0.1) is 23.1 Å². The highest BCUT2D eigenvalue weighted by Gasteiger charge is 2.16. The maximum atomic E-state index is 12.8. The molecule has 0 aliphatic heterocycles. The summed E-state index contributed by atoms with van der Waals surface area (Å²) in [5, 5.41) is 1.02. The summed E-state index contributed by atoms with van der Waals surface area (Å²) in [6.45, 7) is 0.237. The largest absolute Gasteiger partial charge is 0.316 e. The summed E-state index contributed by atoms with van der Waals surface area (Å²) < 4.78 is 1.97. The Labute approximate surface area is 149 Å². The molecule has 0 aliphatic rings. The number of Topliss-reactive ketones (excluding diaryl/α,β-unsaturated/α-hetero) is 1. The lowest BCUT2D eigenvalue weighted by molar-refractivity contribution is 0.0974. The second kappa shape index (κ2) is 5.77. The van der Waals surface area contributed by atoms with Crippen molar-refractivity contribution in [2.24, 2.45) is 0 Å². The van der Waals surface area contributed by atoms with Gasteiger partial charge in [-0.3, -0.25) is 4.79 Å². The summed E-state index contributed by atoms with van der Waals surface area (Å²) in [5.74, 6) is 0.0585. The van der Waals surface area contributed by atoms with Crippen LogP contribution >= 0.6 is 0 Å². The predicted molar refractivity (Wildman–Crippen MR) is 103 cm³/mol. The van der Waals surface area contributed by atoms with Crippen LogP contribution in [0.5, 0.6) is 0 Å². The lowest BCUT2D eigenvalue weighted by atomic mass is 10.1. The number of rotatable bonds is 3. The fourth-order valence-electron chi connectivity index (χ4n) is 3.40. The van der Waals surface area contributed by atoms with Gasteiger partial charge in [-0.2, -0.15) is 0 Å². The number of hydrogen-bond donors (Lipinski definition) is 0. The molecule has 0 saturated heterocycles. The molecule has 2 aromatic heterocycles. The molecule has 5 aromatic rings. The van der Waals surface area contributed by atoms with E-state index in [1.54, 1.807) is 0 Å². The second-order valence-electron chi connectivity index (χ2n) is 6.28. The van der Waals surface area contributed by atoms with Crippen LogP contribution in [-0.4, -0.2) is 20.3 Å². The van der Waals surface area contributed by atoms with E-state index in [1.165, 1.54) is 0 Å². The predicted octanol–water partition coefficient (Wildman–Crippen LogP) is 4.62. The molecule has 4 nitrogen and oxygen atoms in total. The normalized spacial score (nSPS) is 11.4. The van der Waals surface area contributed by atoms with Crippen molar-refractivity contribution >= 4 is 38.9 Å². The standard InChI is InChI=1S/C22H15N3O/c26-20(15-8-2-1-3-9-15)14-25-19-13-7-4-10-16(19)21-22(25)24-18-12-6-5-11-17(18)23-21/h1-13H,14H2. The van der Waals surface area contributed by atoms with Crippen LogP contribution in [0.4, 0.5) is 0 Å². The van der Waals surface area contributed by atoms with Gasteiger partial charge in [0.15, 0.2) is 11.4 Å². The van der Waals surface area contributed by atoms with Crippen LogP contribution in [0.25, 0.3) is 33.1 Å². The SMILES string of the molecule is O=C(Cn1c2ccccc2c2nc3ccccc3nc21)c1ccccc1. The number of carbonyl (C=O) groups is 1. The molecule has 0 N–H and O–H groups in total. The molecule has 0 bridgehead atoms. The molecule has 0 amide bonds. The number of aromatic nitrogens is 3. The zero-order valence-corrected chi connectivity index (χ0v) is 14.0. The van der Waals surface area contributed by atoms with Gasteiger partial charge >= 0.3 is 0 Å². The van der Waals surface area contributed by atoms with Gasteiger partial charge in [0, 0.05) is 10.9 Å². The molecular formula is C22H15N3O. The van der Waals surface area contributed by atoms with Crippen molar-refractivity contribution in [1.29, 1.82) is 0 Å². The molecule has 124 valence electrons. The fourth-order valence-corrected chi connectivity index (χ4v) is 3.40. The van der Waals surface area contributed by atoms with Gasteiger partial charge in [-0.05, 0) is 18.2 Å². The Morgan fingerprint density at radius 3 is 2.23 bits per heavy atom. The van der Waals surface area contributed by atoms with E-state index in [4.69, 9.17) is 9.97 Å². The Hall–Kier alpha value is -3.53. The summed E-state index contributed by atoms with van der Waals surface area (Å²) in [7, 11) is 0. The topological polar surface area (TPSA) is 47.8 Å². The van der Waals surface area contributed by atoms with Gasteiger partial charge in [-0.1, -0.05) is 60.7 Å². The van der Waals surface area contributed by atoms with Crippen LogP contribution < -0.4 is 0 Å². The van der Waals surface area contributed by atoms with Gasteiger partial charge in [0.1, 0.15) is 5.52 Å². The van der Waals surface area contributed by atoms with Crippen LogP contribution in [0, 0.1) is 0 Å². The number of para-hydroxylation sites is 3. The average Bonchev–Trinajstić information content (AvgIpc) is 3.00. The Morgan fingerprint density at radius 1 is 0.769 bits per heavy atom. The van der Waals surface area contributed by atoms with E-state index in [9.17, 15) is 4.79 Å². The second-order valence-corrected chi connectivity index (χ2v) is 6.28. The first-order valence-electron chi connectivity index (χ1n) is 8.53. The highest BCUT2D eigenvalue weighted by atomic mass is 16.1. The Bertz CT molecular complexity index is 1270. The molecule has 0 spiro atoms. The lowest BCUT2D eigenvalue weighted by Crippen LogP contribution is -2.10. The maximum Gasteiger partial charge on any atom is 0.182 e. The third-order valence-corrected chi connectivity index (χ3v) is 4.66. The number of ketones is 1. The first-order valence-corrected chi connectivity index (χ1v) is 8.53. The zero-order chi connectivity index (χ0) is 17.5. The van der Waals surface area contributed by atoms with Crippen LogP contribution in [-0.2, 0) is 6.54 Å². The summed E-state index contributed by atoms with van der Waals surface area (Å²) >= 11 is 0. The minimum absolute atomic E-state index is 0.0585. The summed E-state index contributed by atoms with van der Waals surface area (Å²) in [6, 6.07) is 25.2. The van der Waals surface area contributed by atoms with Gasteiger partial charge in [0.2, 0.25) is 0 Å². The number of nitrogens with zero attached hydrogens (tertiary/aromatic N) is 3. The molecule has 4 heteroatoms. The highest BCUT2D eigenvalue weighted by Crippen LogP contribution is 2.28. The molecule has 0 unspecified atom stereocenters. The van der Waals surface area contributed by atoms with Crippen LogP contribution in [0.1, 0.15) is 10.4 Å². The maximum absolute atomic E-state index is 12.8. The Kier molecular flexibility index (Phi) is 3.28. The van der Waals surface area contributed by atoms with E-state index in [0.717, 1.165) is 33.1 Å². The summed E-state index contributed by atoms with van der Waals surface area (Å²) in [6.07, 6.45) is 0. The first-order chi connectivity index (χ1) is 12.8. The molecule has 26 heavy (non-hydrogen) atoms. The van der Waals surface area contributed by atoms with E-state index in [1.807, 2.05) is 83.4 Å². The van der Waals surface area contributed by atoms with Gasteiger partial charge in [0.25, 0.3) is 0 Å². The third-order valence-electron chi connectivity index (χ3n) is 4.66. The molecular weight excluding hydrogens is 322 g/mol. The molecule has 0 aliphatic carbocycles. The van der Waals surface area contributed by atoms with Crippen molar-refractivity contribution in [1.82, 2.24) is 14.5 Å². The minimum atomic E-state index is 0.0585. The number of carbonyl (C=O) groups excluding carboxylic acids is 1. The molecule has 2 heterocycles. The number of fused-ring (bicyclic) bond motifs is 4. The molecule has 0 fully saturated rings. The smallest absolute Gasteiger partial charge is 0.182 e. The lowest BCUT2D eigenvalue weighted by Gasteiger charge is -2.06. The van der Waals surface area contributed by atoms with Gasteiger partial charge < -0.3 is 4.57 Å². The third kappa shape index (κ3) is 2.27. The average molecular weight is 337 g/mol. The monoisotopic (exact) mass is 337 g/mol. The van der Waals surface area contributed by atoms with E-state index in [-0.39, 0.29) is 12.3 Å². The first kappa shape index (κ1) is 14.8. The number of benzene rings is 3. The molecule has 0 radical (unpaired) electrons. The van der Waals surface area contributed by atoms with Crippen molar-refractivity contribution in [2.45, 2.75) is 6.54 Å². The fraction of sp³-hybridized carbons (Fsp3) is 0.0455. The van der Waals surface area contributed by atoms with Crippen molar-refractivity contribution < 1.29 is 4.79 Å². The Balaban J connectivity index is 1.76. The van der Waals surface area contributed by atoms with Crippen molar-refractivity contribution in [3.05, 3.63) is 84.4 Å². The van der Waals surface area contributed by atoms with E-state index in [0.29, 0.717) is 5.56 Å². The van der Waals surface area contributed by atoms with Crippen molar-refractivity contribution in [3.63, 3.8) is 0 Å². The highest BCUT2D eigenvalue weighted by molar-refractivity contribution is 6.08. The van der Waals surface area contributed by atoms with Crippen molar-refractivity contribution in [2.75, 3.05) is 0 Å². The van der Waals surface area contributed by atoms with Gasteiger partial charge in [-0.15, -0.1) is 0 Å². The Morgan fingerprint density at radius 2 is 1.42 bits per heavy atom. The molecule has 5 rings (SSSR count). The quantitative estimate of drug-likeness (QED) is 0.451. The van der Waals surface area contributed by atoms with E-state index in [2.05, 4.69) is 0 Å². The molecule has 3 aromatic carbocycles. The summed E-state index contributed by atoms with van der Waals surface area (Å²) in [4.78, 5) is 22.4. The van der Waals surface area contributed by atoms with Crippen LogP contribution in [0.2, 0.25) is 0 Å². The van der Waals surface area contributed by atoms with Crippen LogP contribution in [0.15, 0.2) is 78.9 Å². The van der Waals surface area contributed by atoms with E-state index >= 15 is 0 Å². The van der Waals surface area contributed by atoms with Crippen LogP contribution in [0.3, 0.4) is 0 Å². The summed E-state index contributed by atoms with van der Waals surface area (Å²) in [5.41, 5.74) is 4.94. The molecule has 0 saturated carbocycles. The minimum Gasteiger partial charge on any atom is -0.316 e. The van der Waals surface area contributed by atoms with E-state index < -0.39 is 0 Å². The van der Waals surface area contributed by atoms with Crippen molar-refractivity contribution in [3.8, 4) is 0 Å². The zero-order valence-electron chi connectivity index (χ0n) is 14.0. The van der Waals surface area contributed by atoms with Gasteiger partial charge in [-0.25, -0.2) is 9.97 Å². The number of hydrogen-bond acceptors (Lipinski definition) is 3.